The highest BCUT2D eigenvalue weighted by Gasteiger charge is 2.33. The SMILES string of the molecule is NC(=O)C[C@@H]1C[C@H](P)O[C@@H]1CO. The van der Waals surface area contributed by atoms with E-state index in [1.54, 1.807) is 0 Å². The van der Waals surface area contributed by atoms with Crippen molar-refractivity contribution >= 4 is 15.1 Å². The maximum atomic E-state index is 10.6. The van der Waals surface area contributed by atoms with Crippen LogP contribution < -0.4 is 5.73 Å². The van der Waals surface area contributed by atoms with Crippen molar-refractivity contribution in [2.24, 2.45) is 11.7 Å². The van der Waals surface area contributed by atoms with Crippen molar-refractivity contribution in [3.05, 3.63) is 0 Å². The summed E-state index contributed by atoms with van der Waals surface area (Å²) in [5.41, 5.74) is 5.05. The highest BCUT2D eigenvalue weighted by molar-refractivity contribution is 7.17. The lowest BCUT2D eigenvalue weighted by atomic mass is 9.98. The minimum absolute atomic E-state index is 0.0388. The first-order valence-corrected chi connectivity index (χ1v) is 4.60. The molecule has 12 heavy (non-hydrogen) atoms. The standard InChI is InChI=1S/C7H14NO3P/c8-6(10)1-4-2-7(12)11-5(4)3-9/h4-5,7,9H,1-3,12H2,(H2,8,10)/t4-,5-,7+/m1/s1. The Hall–Kier alpha value is -0.180. The van der Waals surface area contributed by atoms with E-state index in [-0.39, 0.29) is 30.4 Å². The van der Waals surface area contributed by atoms with Crippen LogP contribution in [-0.4, -0.2) is 29.6 Å². The van der Waals surface area contributed by atoms with Crippen molar-refractivity contribution < 1.29 is 14.6 Å². The van der Waals surface area contributed by atoms with Gasteiger partial charge in [0.2, 0.25) is 5.91 Å². The number of carbonyl (C=O) groups excluding carboxylic acids is 1. The minimum atomic E-state index is -0.332. The fraction of sp³-hybridized carbons (Fsp3) is 0.857. The minimum Gasteiger partial charge on any atom is -0.394 e. The summed E-state index contributed by atoms with van der Waals surface area (Å²) < 4.78 is 5.33. The van der Waals surface area contributed by atoms with E-state index in [0.29, 0.717) is 6.42 Å². The molecule has 0 aromatic carbocycles. The molecule has 0 aromatic heterocycles. The van der Waals surface area contributed by atoms with Gasteiger partial charge in [-0.1, -0.05) is 0 Å². The van der Waals surface area contributed by atoms with Crippen LogP contribution in [0.1, 0.15) is 12.8 Å². The molecule has 0 radical (unpaired) electrons. The molecule has 4 nitrogen and oxygen atoms in total. The van der Waals surface area contributed by atoms with Crippen LogP contribution in [0.4, 0.5) is 0 Å². The van der Waals surface area contributed by atoms with Gasteiger partial charge in [-0.15, -0.1) is 9.24 Å². The summed E-state index contributed by atoms with van der Waals surface area (Å²) in [5.74, 6) is -0.206. The molecule has 1 fully saturated rings. The van der Waals surface area contributed by atoms with Crippen LogP contribution in [0.5, 0.6) is 0 Å². The summed E-state index contributed by atoms with van der Waals surface area (Å²) >= 11 is 0. The molecule has 4 atom stereocenters. The lowest BCUT2D eigenvalue weighted by Gasteiger charge is -2.13. The van der Waals surface area contributed by atoms with Crippen LogP contribution >= 0.6 is 9.24 Å². The number of aliphatic hydroxyl groups is 1. The van der Waals surface area contributed by atoms with Gasteiger partial charge in [-0.25, -0.2) is 0 Å². The van der Waals surface area contributed by atoms with Crippen LogP contribution in [-0.2, 0) is 9.53 Å². The molecular formula is C7H14NO3P. The van der Waals surface area contributed by atoms with Gasteiger partial charge in [0, 0.05) is 6.42 Å². The molecule has 0 spiro atoms. The van der Waals surface area contributed by atoms with Gasteiger partial charge in [-0.05, 0) is 12.3 Å². The maximum absolute atomic E-state index is 10.6. The van der Waals surface area contributed by atoms with E-state index in [1.807, 2.05) is 0 Å². The van der Waals surface area contributed by atoms with Crippen LogP contribution in [0.2, 0.25) is 0 Å². The number of amides is 1. The van der Waals surface area contributed by atoms with E-state index < -0.39 is 0 Å². The smallest absolute Gasteiger partial charge is 0.217 e. The molecule has 0 aromatic rings. The van der Waals surface area contributed by atoms with Gasteiger partial charge < -0.3 is 15.6 Å². The third-order valence-electron chi connectivity index (χ3n) is 2.05. The van der Waals surface area contributed by atoms with Gasteiger partial charge in [0.05, 0.1) is 18.6 Å². The van der Waals surface area contributed by atoms with E-state index in [0.717, 1.165) is 6.42 Å². The summed E-state index contributed by atoms with van der Waals surface area (Å²) in [6, 6.07) is 0. The summed E-state index contributed by atoms with van der Waals surface area (Å²) in [6.07, 6.45) is 0.856. The molecule has 1 aliphatic rings. The summed E-state index contributed by atoms with van der Waals surface area (Å²) in [6.45, 7) is -0.0388. The maximum Gasteiger partial charge on any atom is 0.217 e. The quantitative estimate of drug-likeness (QED) is 0.588. The van der Waals surface area contributed by atoms with E-state index in [9.17, 15) is 4.79 Å². The second kappa shape index (κ2) is 4.17. The van der Waals surface area contributed by atoms with Crippen molar-refractivity contribution in [3.63, 3.8) is 0 Å². The molecule has 1 heterocycles. The van der Waals surface area contributed by atoms with E-state index >= 15 is 0 Å². The van der Waals surface area contributed by atoms with Gasteiger partial charge in [0.25, 0.3) is 0 Å². The zero-order valence-electron chi connectivity index (χ0n) is 6.77. The Kier molecular flexibility index (Phi) is 3.44. The lowest BCUT2D eigenvalue weighted by Crippen LogP contribution is -2.25. The topological polar surface area (TPSA) is 72.6 Å². The predicted octanol–water partition coefficient (Wildman–Crippen LogP) is -0.540. The van der Waals surface area contributed by atoms with Crippen molar-refractivity contribution in [2.45, 2.75) is 24.8 Å². The van der Waals surface area contributed by atoms with E-state index in [4.69, 9.17) is 15.6 Å². The monoisotopic (exact) mass is 191 g/mol. The number of hydrogen-bond donors (Lipinski definition) is 2. The highest BCUT2D eigenvalue weighted by Crippen LogP contribution is 2.31. The number of aliphatic hydroxyl groups excluding tert-OH is 1. The fourth-order valence-corrected chi connectivity index (χ4v) is 2.06. The highest BCUT2D eigenvalue weighted by atomic mass is 31.0. The number of primary amides is 1. The van der Waals surface area contributed by atoms with E-state index in [2.05, 4.69) is 9.24 Å². The average Bonchev–Trinajstić information content (AvgIpc) is 2.29. The van der Waals surface area contributed by atoms with Gasteiger partial charge in [0.1, 0.15) is 0 Å². The number of rotatable bonds is 3. The molecule has 0 saturated carbocycles. The number of carbonyl (C=O) groups is 1. The van der Waals surface area contributed by atoms with E-state index in [1.165, 1.54) is 0 Å². The molecule has 5 heteroatoms. The first-order valence-electron chi connectivity index (χ1n) is 3.93. The third-order valence-corrected chi connectivity index (χ3v) is 2.48. The summed E-state index contributed by atoms with van der Waals surface area (Å²) in [7, 11) is 2.53. The molecule has 1 amide bonds. The molecule has 70 valence electrons. The normalized spacial score (nSPS) is 35.3. The first-order chi connectivity index (χ1) is 5.63. The molecule has 0 bridgehead atoms. The first kappa shape index (κ1) is 9.90. The summed E-state index contributed by atoms with van der Waals surface area (Å²) in [4.78, 5) is 10.6. The zero-order valence-corrected chi connectivity index (χ0v) is 7.93. The molecule has 1 aliphatic heterocycles. The molecule has 0 aliphatic carbocycles. The Balaban J connectivity index is 2.46. The van der Waals surface area contributed by atoms with Crippen molar-refractivity contribution in [1.29, 1.82) is 0 Å². The van der Waals surface area contributed by atoms with Gasteiger partial charge in [-0.3, -0.25) is 4.79 Å². The lowest BCUT2D eigenvalue weighted by molar-refractivity contribution is -0.119. The average molecular weight is 191 g/mol. The Morgan fingerprint density at radius 2 is 2.42 bits per heavy atom. The Labute approximate surface area is 73.7 Å². The van der Waals surface area contributed by atoms with Crippen LogP contribution in [0.15, 0.2) is 0 Å². The fourth-order valence-electron chi connectivity index (χ4n) is 1.51. The molecule has 1 saturated heterocycles. The number of nitrogens with two attached hydrogens (primary N) is 1. The molecule has 1 rings (SSSR count). The van der Waals surface area contributed by atoms with Crippen molar-refractivity contribution in [1.82, 2.24) is 0 Å². The number of ether oxygens (including phenoxy) is 1. The Morgan fingerprint density at radius 3 is 2.92 bits per heavy atom. The molecule has 3 N–H and O–H groups in total. The Morgan fingerprint density at radius 1 is 1.75 bits per heavy atom. The number of hydrogen-bond acceptors (Lipinski definition) is 3. The largest absolute Gasteiger partial charge is 0.394 e. The van der Waals surface area contributed by atoms with Crippen molar-refractivity contribution in [3.8, 4) is 0 Å². The van der Waals surface area contributed by atoms with Crippen LogP contribution in [0.25, 0.3) is 0 Å². The van der Waals surface area contributed by atoms with Crippen molar-refractivity contribution in [2.75, 3.05) is 6.61 Å². The van der Waals surface area contributed by atoms with Gasteiger partial charge >= 0.3 is 0 Å². The second-order valence-electron chi connectivity index (χ2n) is 3.06. The zero-order chi connectivity index (χ0) is 9.14. The summed E-state index contributed by atoms with van der Waals surface area (Å²) in [5, 5.41) is 8.88. The van der Waals surface area contributed by atoms with Crippen LogP contribution in [0, 0.1) is 5.92 Å². The predicted molar refractivity (Wildman–Crippen MR) is 47.4 cm³/mol. The van der Waals surface area contributed by atoms with Gasteiger partial charge in [-0.2, -0.15) is 0 Å². The Bertz CT molecular complexity index is 176. The van der Waals surface area contributed by atoms with Crippen LogP contribution in [0.3, 0.4) is 0 Å². The molecule has 1 unspecified atom stereocenters. The van der Waals surface area contributed by atoms with Gasteiger partial charge in [0.15, 0.2) is 0 Å². The second-order valence-corrected chi connectivity index (χ2v) is 3.81. The molecular weight excluding hydrogens is 177 g/mol. The third kappa shape index (κ3) is 2.41.